The number of nitrogens with zero attached hydrogens (tertiary/aromatic N) is 3. The Morgan fingerprint density at radius 2 is 2.25 bits per heavy atom. The highest BCUT2D eigenvalue weighted by Gasteiger charge is 2.19. The molecular formula is C12H20N4. The second-order valence-electron chi connectivity index (χ2n) is 4.70. The predicted molar refractivity (Wildman–Crippen MR) is 65.5 cm³/mol. The van der Waals surface area contributed by atoms with Crippen LogP contribution >= 0.6 is 0 Å². The van der Waals surface area contributed by atoms with Gasteiger partial charge in [0, 0.05) is 24.8 Å². The molecule has 0 fully saturated rings. The summed E-state index contributed by atoms with van der Waals surface area (Å²) in [5.74, 6) is 1.60. The lowest BCUT2D eigenvalue weighted by Crippen LogP contribution is -2.29. The maximum atomic E-state index is 5.65. The largest absolute Gasteiger partial charge is 0.359 e. The van der Waals surface area contributed by atoms with Gasteiger partial charge in [-0.3, -0.25) is 0 Å². The van der Waals surface area contributed by atoms with E-state index in [0.717, 1.165) is 31.7 Å². The maximum absolute atomic E-state index is 5.65. The van der Waals surface area contributed by atoms with Gasteiger partial charge in [0.2, 0.25) is 0 Å². The summed E-state index contributed by atoms with van der Waals surface area (Å²) < 4.78 is 0. The van der Waals surface area contributed by atoms with E-state index in [-0.39, 0.29) is 0 Å². The zero-order valence-corrected chi connectivity index (χ0v) is 10.1. The molecule has 4 heteroatoms. The van der Waals surface area contributed by atoms with E-state index in [4.69, 9.17) is 5.73 Å². The van der Waals surface area contributed by atoms with Gasteiger partial charge < -0.3 is 10.6 Å². The molecule has 0 spiro atoms. The van der Waals surface area contributed by atoms with Crippen LogP contribution in [-0.4, -0.2) is 30.1 Å². The normalized spacial score (nSPS) is 15.9. The molecule has 0 aliphatic heterocycles. The Kier molecular flexibility index (Phi) is 3.39. The van der Waals surface area contributed by atoms with Crippen molar-refractivity contribution in [2.45, 2.75) is 26.2 Å². The van der Waals surface area contributed by atoms with Gasteiger partial charge in [-0.25, -0.2) is 9.97 Å². The van der Waals surface area contributed by atoms with Crippen LogP contribution in [0.1, 0.15) is 24.6 Å². The quantitative estimate of drug-likeness (QED) is 0.822. The van der Waals surface area contributed by atoms with Gasteiger partial charge in [-0.1, -0.05) is 6.92 Å². The lowest BCUT2D eigenvalue weighted by atomic mass is 10.1. The van der Waals surface area contributed by atoms with E-state index in [9.17, 15) is 0 Å². The van der Waals surface area contributed by atoms with E-state index in [1.807, 2.05) is 0 Å². The highest BCUT2D eigenvalue weighted by Crippen LogP contribution is 2.27. The molecule has 1 aromatic rings. The van der Waals surface area contributed by atoms with E-state index < -0.39 is 0 Å². The van der Waals surface area contributed by atoms with Crippen molar-refractivity contribution < 1.29 is 0 Å². The molecule has 2 N–H and O–H groups in total. The molecule has 1 heterocycles. The standard InChI is InChI=1S/C12H20N4/c1-9(6-13)7-16(2)12-10-4-3-5-11(10)14-8-15-12/h8-9H,3-7,13H2,1-2H3. The fourth-order valence-electron chi connectivity index (χ4n) is 2.30. The Labute approximate surface area is 96.9 Å². The molecule has 1 atom stereocenters. The molecule has 16 heavy (non-hydrogen) atoms. The van der Waals surface area contributed by atoms with Gasteiger partial charge in [-0.2, -0.15) is 0 Å². The minimum absolute atomic E-state index is 0.497. The summed E-state index contributed by atoms with van der Waals surface area (Å²) in [6, 6.07) is 0. The maximum Gasteiger partial charge on any atom is 0.135 e. The summed E-state index contributed by atoms with van der Waals surface area (Å²) in [4.78, 5) is 11.0. The number of hydrogen-bond acceptors (Lipinski definition) is 4. The van der Waals surface area contributed by atoms with Crippen molar-refractivity contribution in [1.29, 1.82) is 0 Å². The van der Waals surface area contributed by atoms with Crippen molar-refractivity contribution >= 4 is 5.82 Å². The molecule has 0 amide bonds. The van der Waals surface area contributed by atoms with Crippen LogP contribution in [0.25, 0.3) is 0 Å². The monoisotopic (exact) mass is 220 g/mol. The molecule has 1 aromatic heterocycles. The third-order valence-electron chi connectivity index (χ3n) is 3.20. The Hall–Kier alpha value is -1.16. The number of hydrogen-bond donors (Lipinski definition) is 1. The van der Waals surface area contributed by atoms with E-state index in [1.54, 1.807) is 6.33 Å². The molecule has 2 rings (SSSR count). The topological polar surface area (TPSA) is 55.0 Å². The molecule has 4 nitrogen and oxygen atoms in total. The van der Waals surface area contributed by atoms with Crippen LogP contribution in [0.4, 0.5) is 5.82 Å². The van der Waals surface area contributed by atoms with Crippen LogP contribution in [0.2, 0.25) is 0 Å². The number of aromatic nitrogens is 2. The number of rotatable bonds is 4. The van der Waals surface area contributed by atoms with Crippen molar-refractivity contribution in [3.05, 3.63) is 17.6 Å². The lowest BCUT2D eigenvalue weighted by Gasteiger charge is -2.23. The first-order valence-electron chi connectivity index (χ1n) is 5.96. The molecule has 0 bridgehead atoms. The van der Waals surface area contributed by atoms with Crippen LogP contribution in [0, 0.1) is 5.92 Å². The van der Waals surface area contributed by atoms with E-state index in [1.165, 1.54) is 17.7 Å². The summed E-state index contributed by atoms with van der Waals surface area (Å²) in [5.41, 5.74) is 8.23. The molecule has 1 unspecified atom stereocenters. The third-order valence-corrected chi connectivity index (χ3v) is 3.20. The average molecular weight is 220 g/mol. The third kappa shape index (κ3) is 2.16. The zero-order chi connectivity index (χ0) is 11.5. The van der Waals surface area contributed by atoms with Gasteiger partial charge in [-0.05, 0) is 31.7 Å². The van der Waals surface area contributed by atoms with Crippen molar-refractivity contribution in [2.75, 3.05) is 25.0 Å². The fourth-order valence-corrected chi connectivity index (χ4v) is 2.30. The Balaban J connectivity index is 2.17. The number of aryl methyl sites for hydroxylation is 1. The molecule has 0 saturated heterocycles. The predicted octanol–water partition coefficient (Wildman–Crippen LogP) is 0.996. The first-order chi connectivity index (χ1) is 7.72. The van der Waals surface area contributed by atoms with Crippen LogP contribution in [0.5, 0.6) is 0 Å². The first kappa shape index (κ1) is 11.3. The van der Waals surface area contributed by atoms with Gasteiger partial charge in [0.25, 0.3) is 0 Å². The van der Waals surface area contributed by atoms with Crippen LogP contribution in [0.3, 0.4) is 0 Å². The van der Waals surface area contributed by atoms with Crippen molar-refractivity contribution in [2.24, 2.45) is 11.7 Å². The highest BCUT2D eigenvalue weighted by atomic mass is 15.2. The zero-order valence-electron chi connectivity index (χ0n) is 10.1. The summed E-state index contributed by atoms with van der Waals surface area (Å²) in [6.07, 6.45) is 5.11. The van der Waals surface area contributed by atoms with Crippen molar-refractivity contribution in [3.63, 3.8) is 0 Å². The van der Waals surface area contributed by atoms with Crippen molar-refractivity contribution in [3.8, 4) is 0 Å². The Morgan fingerprint density at radius 1 is 1.44 bits per heavy atom. The smallest absolute Gasteiger partial charge is 0.135 e. The minimum Gasteiger partial charge on any atom is -0.359 e. The second kappa shape index (κ2) is 4.78. The van der Waals surface area contributed by atoms with Crippen molar-refractivity contribution in [1.82, 2.24) is 9.97 Å². The van der Waals surface area contributed by atoms with Gasteiger partial charge in [0.15, 0.2) is 0 Å². The molecule has 1 aliphatic rings. The summed E-state index contributed by atoms with van der Waals surface area (Å²) in [7, 11) is 2.09. The Bertz CT molecular complexity index is 364. The molecular weight excluding hydrogens is 200 g/mol. The molecule has 0 aromatic carbocycles. The fraction of sp³-hybridized carbons (Fsp3) is 0.667. The van der Waals surface area contributed by atoms with Gasteiger partial charge in [-0.15, -0.1) is 0 Å². The lowest BCUT2D eigenvalue weighted by molar-refractivity contribution is 0.586. The molecule has 0 radical (unpaired) electrons. The van der Waals surface area contributed by atoms with Gasteiger partial charge >= 0.3 is 0 Å². The molecule has 88 valence electrons. The van der Waals surface area contributed by atoms with Crippen LogP contribution in [0.15, 0.2) is 6.33 Å². The minimum atomic E-state index is 0.497. The first-order valence-corrected chi connectivity index (χ1v) is 5.96. The Morgan fingerprint density at radius 3 is 3.00 bits per heavy atom. The highest BCUT2D eigenvalue weighted by molar-refractivity contribution is 5.49. The van der Waals surface area contributed by atoms with Gasteiger partial charge in [0.1, 0.15) is 12.1 Å². The summed E-state index contributed by atoms with van der Waals surface area (Å²) in [6.45, 7) is 3.84. The van der Waals surface area contributed by atoms with Gasteiger partial charge in [0.05, 0.1) is 0 Å². The SMILES string of the molecule is CC(CN)CN(C)c1ncnc2c1CCC2. The summed E-state index contributed by atoms with van der Waals surface area (Å²) in [5, 5.41) is 0. The molecule has 1 aliphatic carbocycles. The second-order valence-corrected chi connectivity index (χ2v) is 4.70. The number of nitrogens with two attached hydrogens (primary N) is 1. The van der Waals surface area contributed by atoms with E-state index in [0.29, 0.717) is 5.92 Å². The van der Waals surface area contributed by atoms with Crippen LogP contribution in [-0.2, 0) is 12.8 Å². The van der Waals surface area contributed by atoms with Crippen LogP contribution < -0.4 is 10.6 Å². The number of anilines is 1. The van der Waals surface area contributed by atoms with E-state index in [2.05, 4.69) is 28.8 Å². The summed E-state index contributed by atoms with van der Waals surface area (Å²) >= 11 is 0. The average Bonchev–Trinajstić information content (AvgIpc) is 2.76. The number of fused-ring (bicyclic) bond motifs is 1. The van der Waals surface area contributed by atoms with E-state index >= 15 is 0 Å². The molecule has 0 saturated carbocycles.